The number of hydrogen-bond acceptors (Lipinski definition) is 4. The fourth-order valence-corrected chi connectivity index (χ4v) is 3.00. The highest BCUT2D eigenvalue weighted by Gasteiger charge is 2.26. The van der Waals surface area contributed by atoms with E-state index in [2.05, 4.69) is 9.97 Å². The van der Waals surface area contributed by atoms with E-state index in [0.29, 0.717) is 16.2 Å². The van der Waals surface area contributed by atoms with Gasteiger partial charge in [-0.3, -0.25) is 9.36 Å². The molecule has 1 aliphatic rings. The van der Waals surface area contributed by atoms with Crippen LogP contribution in [0.4, 0.5) is 5.95 Å². The van der Waals surface area contributed by atoms with Crippen LogP contribution in [0.1, 0.15) is 32.2 Å². The van der Waals surface area contributed by atoms with Crippen LogP contribution in [0.3, 0.4) is 0 Å². The van der Waals surface area contributed by atoms with Crippen molar-refractivity contribution in [2.75, 3.05) is 18.8 Å². The van der Waals surface area contributed by atoms with Crippen molar-refractivity contribution in [3.05, 3.63) is 17.3 Å². The van der Waals surface area contributed by atoms with E-state index < -0.39 is 6.04 Å². The van der Waals surface area contributed by atoms with E-state index in [4.69, 9.17) is 17.3 Å². The van der Waals surface area contributed by atoms with Gasteiger partial charge < -0.3 is 10.6 Å². The third kappa shape index (κ3) is 2.55. The molecule has 0 bridgehead atoms. The second-order valence-corrected chi connectivity index (χ2v) is 5.83. The lowest BCUT2D eigenvalue weighted by atomic mass is 10.1. The summed E-state index contributed by atoms with van der Waals surface area (Å²) in [6.07, 6.45) is 4.85. The Labute approximate surface area is 127 Å². The highest BCUT2D eigenvalue weighted by atomic mass is 35.5. The minimum atomic E-state index is -0.415. The summed E-state index contributed by atoms with van der Waals surface area (Å²) in [7, 11) is 0. The average Bonchev–Trinajstić information content (AvgIpc) is 2.81. The number of imidazole rings is 1. The van der Waals surface area contributed by atoms with Crippen LogP contribution in [-0.4, -0.2) is 38.4 Å². The number of hydrogen-bond donors (Lipinski definition) is 1. The van der Waals surface area contributed by atoms with Gasteiger partial charge in [-0.05, 0) is 32.3 Å². The number of likely N-dealkylation sites (tertiary alicyclic amines) is 1. The molecule has 0 aliphatic carbocycles. The molecule has 1 saturated heterocycles. The Balaban J connectivity index is 1.95. The quantitative estimate of drug-likeness (QED) is 0.923. The van der Waals surface area contributed by atoms with Gasteiger partial charge in [0.05, 0.1) is 5.02 Å². The lowest BCUT2D eigenvalue weighted by Gasteiger charge is -2.29. The van der Waals surface area contributed by atoms with Crippen LogP contribution in [0, 0.1) is 0 Å². The molecule has 1 aliphatic heterocycles. The van der Waals surface area contributed by atoms with E-state index in [1.807, 2.05) is 11.8 Å². The van der Waals surface area contributed by atoms with Crippen LogP contribution in [0.15, 0.2) is 12.3 Å². The zero-order valence-electron chi connectivity index (χ0n) is 11.9. The number of carbonyl (C=O) groups excluding carboxylic acids is 1. The van der Waals surface area contributed by atoms with Gasteiger partial charge in [-0.25, -0.2) is 9.97 Å². The number of pyridine rings is 1. The number of nitrogens with two attached hydrogens (primary N) is 1. The number of aromatic nitrogens is 3. The number of nitrogens with zero attached hydrogens (tertiary/aromatic N) is 4. The number of carbonyl (C=O) groups is 1. The SMILES string of the molecule is CC(C(=O)N1CCCCC1)n1c(N)nc2cc(Cl)cnc21. The van der Waals surface area contributed by atoms with Gasteiger partial charge in [0.2, 0.25) is 11.9 Å². The van der Waals surface area contributed by atoms with Gasteiger partial charge in [0.1, 0.15) is 11.6 Å². The first kappa shape index (κ1) is 14.1. The summed E-state index contributed by atoms with van der Waals surface area (Å²) in [6.45, 7) is 3.47. The molecule has 0 saturated carbocycles. The summed E-state index contributed by atoms with van der Waals surface area (Å²) in [4.78, 5) is 23.0. The van der Waals surface area contributed by atoms with Crippen LogP contribution in [0.25, 0.3) is 11.2 Å². The van der Waals surface area contributed by atoms with E-state index in [1.54, 1.807) is 16.8 Å². The van der Waals surface area contributed by atoms with Gasteiger partial charge in [-0.2, -0.15) is 0 Å². The van der Waals surface area contributed by atoms with Crippen molar-refractivity contribution in [1.82, 2.24) is 19.4 Å². The van der Waals surface area contributed by atoms with Crippen LogP contribution in [0.5, 0.6) is 0 Å². The standard InChI is InChI=1S/C14H18ClN5O/c1-9(13(21)19-5-3-2-4-6-19)20-12-11(18-14(20)16)7-10(15)8-17-12/h7-9H,2-6H2,1H3,(H2,16,18). The summed E-state index contributed by atoms with van der Waals surface area (Å²) >= 11 is 5.92. The largest absolute Gasteiger partial charge is 0.369 e. The number of fused-ring (bicyclic) bond motifs is 1. The molecule has 112 valence electrons. The average molecular weight is 308 g/mol. The molecular weight excluding hydrogens is 290 g/mol. The Morgan fingerprint density at radius 1 is 1.38 bits per heavy atom. The molecule has 7 heteroatoms. The molecule has 2 N–H and O–H groups in total. The van der Waals surface area contributed by atoms with Crippen molar-refractivity contribution in [3.63, 3.8) is 0 Å². The molecule has 2 aromatic heterocycles. The lowest BCUT2D eigenvalue weighted by Crippen LogP contribution is -2.39. The van der Waals surface area contributed by atoms with Gasteiger partial charge >= 0.3 is 0 Å². The summed E-state index contributed by atoms with van der Waals surface area (Å²) < 4.78 is 1.68. The number of amides is 1. The Kier molecular flexibility index (Phi) is 3.71. The summed E-state index contributed by atoms with van der Waals surface area (Å²) in [5.74, 6) is 0.357. The van der Waals surface area contributed by atoms with E-state index in [1.165, 1.54) is 6.42 Å². The lowest BCUT2D eigenvalue weighted by molar-refractivity contribution is -0.135. The molecule has 1 amide bonds. The molecule has 21 heavy (non-hydrogen) atoms. The van der Waals surface area contributed by atoms with Crippen LogP contribution >= 0.6 is 11.6 Å². The first-order valence-corrected chi connectivity index (χ1v) is 7.53. The Bertz CT molecular complexity index is 677. The summed E-state index contributed by atoms with van der Waals surface area (Å²) in [6, 6.07) is 1.29. The number of rotatable bonds is 2. The molecule has 6 nitrogen and oxygen atoms in total. The fourth-order valence-electron chi connectivity index (χ4n) is 2.85. The molecule has 3 heterocycles. The predicted octanol–water partition coefficient (Wildman–Crippen LogP) is 2.24. The minimum Gasteiger partial charge on any atom is -0.369 e. The molecule has 1 fully saturated rings. The first-order chi connectivity index (χ1) is 10.1. The number of halogens is 1. The Morgan fingerprint density at radius 2 is 2.10 bits per heavy atom. The zero-order chi connectivity index (χ0) is 15.0. The highest BCUT2D eigenvalue weighted by molar-refractivity contribution is 6.31. The fraction of sp³-hybridized carbons (Fsp3) is 0.500. The molecule has 1 atom stereocenters. The maximum Gasteiger partial charge on any atom is 0.245 e. The Hall–Kier alpha value is -1.82. The molecule has 0 radical (unpaired) electrons. The van der Waals surface area contributed by atoms with Gasteiger partial charge in [-0.15, -0.1) is 0 Å². The molecule has 0 aromatic carbocycles. The maximum absolute atomic E-state index is 12.6. The maximum atomic E-state index is 12.6. The van der Waals surface area contributed by atoms with Crippen molar-refractivity contribution < 1.29 is 4.79 Å². The van der Waals surface area contributed by atoms with Crippen molar-refractivity contribution in [2.24, 2.45) is 0 Å². The van der Waals surface area contributed by atoms with Crippen molar-refractivity contribution in [1.29, 1.82) is 0 Å². The third-order valence-corrected chi connectivity index (χ3v) is 4.14. The van der Waals surface area contributed by atoms with Gasteiger partial charge in [0, 0.05) is 19.3 Å². The Morgan fingerprint density at radius 3 is 2.81 bits per heavy atom. The van der Waals surface area contributed by atoms with E-state index in [0.717, 1.165) is 25.9 Å². The van der Waals surface area contributed by atoms with Crippen LogP contribution in [-0.2, 0) is 4.79 Å². The smallest absolute Gasteiger partial charge is 0.245 e. The molecule has 1 unspecified atom stereocenters. The summed E-state index contributed by atoms with van der Waals surface area (Å²) in [5, 5.41) is 0.502. The van der Waals surface area contributed by atoms with Gasteiger partial charge in [0.25, 0.3) is 0 Å². The number of anilines is 1. The van der Waals surface area contributed by atoms with Crippen molar-refractivity contribution in [3.8, 4) is 0 Å². The van der Waals surface area contributed by atoms with E-state index in [9.17, 15) is 4.79 Å². The van der Waals surface area contributed by atoms with Gasteiger partial charge in [0.15, 0.2) is 5.65 Å². The second kappa shape index (κ2) is 5.52. The summed E-state index contributed by atoms with van der Waals surface area (Å²) in [5.41, 5.74) is 7.17. The highest BCUT2D eigenvalue weighted by Crippen LogP contribution is 2.25. The minimum absolute atomic E-state index is 0.0671. The van der Waals surface area contributed by atoms with Crippen molar-refractivity contribution in [2.45, 2.75) is 32.2 Å². The van der Waals surface area contributed by atoms with Crippen molar-refractivity contribution >= 4 is 34.6 Å². The van der Waals surface area contributed by atoms with Crippen LogP contribution in [0.2, 0.25) is 5.02 Å². The molecular formula is C14H18ClN5O. The number of nitrogen functional groups attached to an aromatic ring is 1. The van der Waals surface area contributed by atoms with Crippen LogP contribution < -0.4 is 5.73 Å². The zero-order valence-corrected chi connectivity index (χ0v) is 12.7. The first-order valence-electron chi connectivity index (χ1n) is 7.15. The molecule has 3 rings (SSSR count). The van der Waals surface area contributed by atoms with E-state index in [-0.39, 0.29) is 11.9 Å². The monoisotopic (exact) mass is 307 g/mol. The van der Waals surface area contributed by atoms with Gasteiger partial charge in [-0.1, -0.05) is 11.6 Å². The molecule has 2 aromatic rings. The van der Waals surface area contributed by atoms with E-state index >= 15 is 0 Å². The topological polar surface area (TPSA) is 77.0 Å². The third-order valence-electron chi connectivity index (χ3n) is 3.94. The normalized spacial score (nSPS) is 17.1. The molecule has 0 spiro atoms. The number of piperidine rings is 1. The predicted molar refractivity (Wildman–Crippen MR) is 82.1 cm³/mol. The second-order valence-electron chi connectivity index (χ2n) is 5.40.